The van der Waals surface area contributed by atoms with Gasteiger partial charge in [-0.25, -0.2) is 9.97 Å². The molecule has 15 heavy (non-hydrogen) atoms. The molecule has 1 N–H and O–H groups in total. The van der Waals surface area contributed by atoms with E-state index in [-0.39, 0.29) is 0 Å². The van der Waals surface area contributed by atoms with Gasteiger partial charge in [0.15, 0.2) is 0 Å². The van der Waals surface area contributed by atoms with Gasteiger partial charge in [-0.15, -0.1) is 0 Å². The molecule has 1 aliphatic rings. The Kier molecular flexibility index (Phi) is 2.90. The van der Waals surface area contributed by atoms with E-state index >= 15 is 0 Å². The number of halogens is 2. The number of hydrogen-bond donors (Lipinski definition) is 1. The van der Waals surface area contributed by atoms with Gasteiger partial charge in [0.05, 0.1) is 4.47 Å². The number of nitrogens with one attached hydrogen (secondary N) is 1. The van der Waals surface area contributed by atoms with Crippen molar-refractivity contribution in [3.63, 3.8) is 0 Å². The summed E-state index contributed by atoms with van der Waals surface area (Å²) >= 11 is 9.26. The summed E-state index contributed by atoms with van der Waals surface area (Å²) in [6.07, 6.45) is 3.85. The first-order chi connectivity index (χ1) is 7.07. The van der Waals surface area contributed by atoms with Crippen LogP contribution >= 0.6 is 27.5 Å². The molecule has 2 unspecified atom stereocenters. The van der Waals surface area contributed by atoms with Crippen LogP contribution in [0.4, 0.5) is 5.82 Å². The maximum absolute atomic E-state index is 5.88. The molecule has 1 fully saturated rings. The minimum absolute atomic E-state index is 0.414. The van der Waals surface area contributed by atoms with Crippen molar-refractivity contribution >= 4 is 33.3 Å². The zero-order valence-corrected chi connectivity index (χ0v) is 11.1. The number of anilines is 1. The van der Waals surface area contributed by atoms with E-state index in [9.17, 15) is 0 Å². The van der Waals surface area contributed by atoms with Gasteiger partial charge in [0, 0.05) is 6.04 Å². The maximum atomic E-state index is 5.88. The number of aromatic nitrogens is 2. The van der Waals surface area contributed by atoms with Gasteiger partial charge in [-0.2, -0.15) is 0 Å². The Morgan fingerprint density at radius 1 is 1.67 bits per heavy atom. The Bertz CT molecular complexity index is 385. The summed E-state index contributed by atoms with van der Waals surface area (Å²) in [5.74, 6) is 0.789. The fourth-order valence-electron chi connectivity index (χ4n) is 1.64. The quantitative estimate of drug-likeness (QED) is 0.866. The van der Waals surface area contributed by atoms with Gasteiger partial charge in [0.1, 0.15) is 17.3 Å². The van der Waals surface area contributed by atoms with Crippen LogP contribution in [0.15, 0.2) is 10.8 Å². The summed E-state index contributed by atoms with van der Waals surface area (Å²) in [6, 6.07) is 0.504. The van der Waals surface area contributed by atoms with Gasteiger partial charge >= 0.3 is 0 Å². The lowest BCUT2D eigenvalue weighted by Crippen LogP contribution is -2.12. The van der Waals surface area contributed by atoms with Crippen molar-refractivity contribution in [2.24, 2.45) is 5.41 Å². The summed E-state index contributed by atoms with van der Waals surface area (Å²) in [7, 11) is 0. The molecule has 2 atom stereocenters. The molecule has 0 bridgehead atoms. The Hall–Kier alpha value is -0.350. The summed E-state index contributed by atoms with van der Waals surface area (Å²) < 4.78 is 0.747. The topological polar surface area (TPSA) is 37.8 Å². The highest BCUT2D eigenvalue weighted by molar-refractivity contribution is 9.10. The molecule has 0 spiro atoms. The van der Waals surface area contributed by atoms with Gasteiger partial charge < -0.3 is 5.32 Å². The average molecular weight is 291 g/mol. The minimum Gasteiger partial charge on any atom is -0.366 e. The van der Waals surface area contributed by atoms with Crippen LogP contribution in [-0.4, -0.2) is 16.0 Å². The molecule has 5 heteroatoms. The van der Waals surface area contributed by atoms with Crippen molar-refractivity contribution < 1.29 is 0 Å². The lowest BCUT2D eigenvalue weighted by Gasteiger charge is -2.11. The first kappa shape index (κ1) is 11.1. The van der Waals surface area contributed by atoms with Crippen molar-refractivity contribution in [1.29, 1.82) is 0 Å². The third-order valence-corrected chi connectivity index (χ3v) is 4.48. The summed E-state index contributed by atoms with van der Waals surface area (Å²) in [5.41, 5.74) is 0.414. The smallest absolute Gasteiger partial charge is 0.148 e. The van der Waals surface area contributed by atoms with Gasteiger partial charge in [0.2, 0.25) is 0 Å². The SMILES string of the molecule is CCC1(C)CC1Nc1ncnc(Cl)c1Br. The second-order valence-corrected chi connectivity index (χ2v) is 5.39. The molecule has 0 saturated heterocycles. The highest BCUT2D eigenvalue weighted by atomic mass is 79.9. The highest BCUT2D eigenvalue weighted by Crippen LogP contribution is 2.50. The summed E-state index contributed by atoms with van der Waals surface area (Å²) in [5, 5.41) is 3.83. The van der Waals surface area contributed by atoms with Gasteiger partial charge in [-0.05, 0) is 34.2 Å². The fraction of sp³-hybridized carbons (Fsp3) is 0.600. The maximum Gasteiger partial charge on any atom is 0.148 e. The molecule has 1 aliphatic carbocycles. The Labute approximate surface area is 103 Å². The molecule has 0 aliphatic heterocycles. The van der Waals surface area contributed by atoms with Crippen LogP contribution in [0, 0.1) is 5.41 Å². The molecule has 82 valence electrons. The van der Waals surface area contributed by atoms with E-state index in [1.54, 1.807) is 0 Å². The van der Waals surface area contributed by atoms with E-state index in [0.29, 0.717) is 16.6 Å². The molecular weight excluding hydrogens is 277 g/mol. The molecule has 3 nitrogen and oxygen atoms in total. The molecule has 0 radical (unpaired) electrons. The van der Waals surface area contributed by atoms with Crippen LogP contribution < -0.4 is 5.32 Å². The normalized spacial score (nSPS) is 28.9. The summed E-state index contributed by atoms with van der Waals surface area (Å²) in [4.78, 5) is 8.06. The van der Waals surface area contributed by atoms with Crippen LogP contribution in [0.3, 0.4) is 0 Å². The first-order valence-corrected chi connectivity index (χ1v) is 6.16. The van der Waals surface area contributed by atoms with Crippen LogP contribution in [0.2, 0.25) is 5.15 Å². The first-order valence-electron chi connectivity index (χ1n) is 4.99. The largest absolute Gasteiger partial charge is 0.366 e. The zero-order chi connectivity index (χ0) is 11.1. The van der Waals surface area contributed by atoms with Crippen molar-refractivity contribution in [1.82, 2.24) is 9.97 Å². The number of rotatable bonds is 3. The van der Waals surface area contributed by atoms with Crippen molar-refractivity contribution in [3.05, 3.63) is 16.0 Å². The lowest BCUT2D eigenvalue weighted by molar-refractivity contribution is 0.535. The van der Waals surface area contributed by atoms with Crippen molar-refractivity contribution in [2.75, 3.05) is 5.32 Å². The van der Waals surface area contributed by atoms with Crippen LogP contribution in [-0.2, 0) is 0 Å². The molecule has 0 amide bonds. The fourth-order valence-corrected chi connectivity index (χ4v) is 2.09. The minimum atomic E-state index is 0.414. The Morgan fingerprint density at radius 2 is 2.40 bits per heavy atom. The highest BCUT2D eigenvalue weighted by Gasteiger charge is 2.48. The van der Waals surface area contributed by atoms with E-state index in [1.165, 1.54) is 19.2 Å². The van der Waals surface area contributed by atoms with Crippen molar-refractivity contribution in [3.8, 4) is 0 Å². The molecule has 1 aromatic rings. The van der Waals surface area contributed by atoms with Gasteiger partial charge in [-0.3, -0.25) is 0 Å². The third kappa shape index (κ3) is 2.11. The number of hydrogen-bond acceptors (Lipinski definition) is 3. The summed E-state index contributed by atoms with van der Waals surface area (Å²) in [6.45, 7) is 4.49. The third-order valence-electron chi connectivity index (χ3n) is 3.22. The lowest BCUT2D eigenvalue weighted by atomic mass is 10.1. The predicted octanol–water partition coefficient (Wildman–Crippen LogP) is 3.49. The van der Waals surface area contributed by atoms with Gasteiger partial charge in [0.25, 0.3) is 0 Å². The van der Waals surface area contributed by atoms with Crippen LogP contribution in [0.25, 0.3) is 0 Å². The van der Waals surface area contributed by atoms with E-state index in [1.807, 2.05) is 0 Å². The van der Waals surface area contributed by atoms with Crippen molar-refractivity contribution in [2.45, 2.75) is 32.7 Å². The standard InChI is InChI=1S/C10H13BrClN3/c1-3-10(2)4-6(10)15-9-7(11)8(12)13-5-14-9/h5-6H,3-4H2,1-2H3,(H,13,14,15). The molecule has 0 aromatic carbocycles. The van der Waals surface area contributed by atoms with Crippen LogP contribution in [0.1, 0.15) is 26.7 Å². The number of nitrogens with zero attached hydrogens (tertiary/aromatic N) is 2. The second kappa shape index (κ2) is 3.91. The van der Waals surface area contributed by atoms with Gasteiger partial charge in [-0.1, -0.05) is 25.4 Å². The monoisotopic (exact) mass is 289 g/mol. The van der Waals surface area contributed by atoms with E-state index in [2.05, 4.69) is 45.1 Å². The van der Waals surface area contributed by atoms with E-state index in [0.717, 1.165) is 10.3 Å². The second-order valence-electron chi connectivity index (χ2n) is 4.24. The van der Waals surface area contributed by atoms with E-state index < -0.39 is 0 Å². The molecular formula is C10H13BrClN3. The predicted molar refractivity (Wildman–Crippen MR) is 65.2 cm³/mol. The molecule has 1 heterocycles. The Balaban J connectivity index is 2.10. The Morgan fingerprint density at radius 3 is 3.00 bits per heavy atom. The molecule has 2 rings (SSSR count). The van der Waals surface area contributed by atoms with E-state index in [4.69, 9.17) is 11.6 Å². The zero-order valence-electron chi connectivity index (χ0n) is 8.72. The average Bonchev–Trinajstić information content (AvgIpc) is 2.86. The molecule has 1 saturated carbocycles. The van der Waals surface area contributed by atoms with Crippen LogP contribution in [0.5, 0.6) is 0 Å². The molecule has 1 aromatic heterocycles.